The fraction of sp³-hybridized carbons (Fsp3) is 0.462. The number of halogens is 1. The Bertz CT molecular complexity index is 608. The van der Waals surface area contributed by atoms with Gasteiger partial charge in [-0.2, -0.15) is 12.7 Å². The normalized spacial score (nSPS) is 11.5. The molecule has 0 bridgehead atoms. The van der Waals surface area contributed by atoms with Crippen LogP contribution in [0.2, 0.25) is 0 Å². The van der Waals surface area contributed by atoms with Crippen LogP contribution in [-0.4, -0.2) is 39.4 Å². The molecule has 0 aromatic heterocycles. The average Bonchev–Trinajstić information content (AvgIpc) is 2.39. The van der Waals surface area contributed by atoms with Gasteiger partial charge in [0, 0.05) is 18.1 Å². The summed E-state index contributed by atoms with van der Waals surface area (Å²) in [5.41, 5.74) is 2.17. The van der Waals surface area contributed by atoms with E-state index in [4.69, 9.17) is 0 Å². The minimum Gasteiger partial charge on any atom is -0.469 e. The van der Waals surface area contributed by atoms with E-state index < -0.39 is 16.2 Å². The van der Waals surface area contributed by atoms with E-state index in [0.717, 1.165) is 19.9 Å². The molecule has 8 heteroatoms. The molecule has 0 aliphatic heterocycles. The molecule has 0 atom stereocenters. The van der Waals surface area contributed by atoms with Crippen LogP contribution in [0.4, 0.5) is 5.69 Å². The van der Waals surface area contributed by atoms with E-state index in [1.54, 1.807) is 0 Å². The van der Waals surface area contributed by atoms with Gasteiger partial charge < -0.3 is 4.74 Å². The lowest BCUT2D eigenvalue weighted by Gasteiger charge is -2.20. The largest absolute Gasteiger partial charge is 0.469 e. The van der Waals surface area contributed by atoms with Crippen molar-refractivity contribution in [3.63, 3.8) is 0 Å². The summed E-state index contributed by atoms with van der Waals surface area (Å²) < 4.78 is 33.5. The number of anilines is 1. The third-order valence-corrected chi connectivity index (χ3v) is 4.92. The number of aryl methyl sites for hydroxylation is 2. The summed E-state index contributed by atoms with van der Waals surface area (Å²) in [6.07, 6.45) is 0.00616. The highest BCUT2D eigenvalue weighted by Gasteiger charge is 2.20. The van der Waals surface area contributed by atoms with Gasteiger partial charge in [0.25, 0.3) is 0 Å². The second kappa shape index (κ2) is 7.24. The predicted octanol–water partition coefficient (Wildman–Crippen LogP) is 2.22. The monoisotopic (exact) mass is 378 g/mol. The van der Waals surface area contributed by atoms with Gasteiger partial charge in [0.15, 0.2) is 0 Å². The van der Waals surface area contributed by atoms with E-state index in [1.807, 2.05) is 26.0 Å². The summed E-state index contributed by atoms with van der Waals surface area (Å²) in [7, 11) is -1.04. The first-order valence-corrected chi connectivity index (χ1v) is 8.48. The van der Waals surface area contributed by atoms with E-state index in [1.165, 1.54) is 14.2 Å². The van der Waals surface area contributed by atoms with Crippen molar-refractivity contribution in [1.82, 2.24) is 4.31 Å². The first-order valence-electron chi connectivity index (χ1n) is 6.25. The van der Waals surface area contributed by atoms with Gasteiger partial charge in [0.05, 0.1) is 19.2 Å². The molecule has 0 saturated heterocycles. The average molecular weight is 379 g/mol. The molecule has 0 aliphatic carbocycles. The molecule has 118 valence electrons. The maximum Gasteiger partial charge on any atom is 0.306 e. The number of nitrogens with one attached hydrogen (secondary N) is 1. The molecule has 0 unspecified atom stereocenters. The minimum atomic E-state index is -3.71. The molecule has 21 heavy (non-hydrogen) atoms. The zero-order valence-corrected chi connectivity index (χ0v) is 14.8. The summed E-state index contributed by atoms with van der Waals surface area (Å²) in [5.74, 6) is -0.451. The van der Waals surface area contributed by atoms with Gasteiger partial charge in [-0.3, -0.25) is 9.52 Å². The molecule has 1 rings (SSSR count). The van der Waals surface area contributed by atoms with Crippen LogP contribution in [0.25, 0.3) is 0 Å². The molecule has 0 heterocycles. The molecule has 0 fully saturated rings. The number of carbonyl (C=O) groups excluding carboxylic acids is 1. The quantitative estimate of drug-likeness (QED) is 0.769. The molecule has 0 aliphatic rings. The maximum absolute atomic E-state index is 12.2. The predicted molar refractivity (Wildman–Crippen MR) is 85.4 cm³/mol. The van der Waals surface area contributed by atoms with E-state index in [9.17, 15) is 13.2 Å². The van der Waals surface area contributed by atoms with Crippen molar-refractivity contribution in [2.45, 2.75) is 20.3 Å². The summed E-state index contributed by atoms with van der Waals surface area (Å²) in [5, 5.41) is 0. The van der Waals surface area contributed by atoms with Crippen molar-refractivity contribution >= 4 is 37.8 Å². The van der Waals surface area contributed by atoms with E-state index in [-0.39, 0.29) is 13.0 Å². The van der Waals surface area contributed by atoms with Crippen LogP contribution in [0.3, 0.4) is 0 Å². The molecular formula is C13H19BrN2O4S. The smallest absolute Gasteiger partial charge is 0.306 e. The molecule has 0 saturated carbocycles. The minimum absolute atomic E-state index is 0.00616. The van der Waals surface area contributed by atoms with Gasteiger partial charge in [-0.15, -0.1) is 0 Å². The van der Waals surface area contributed by atoms with Crippen LogP contribution in [0, 0.1) is 13.8 Å². The van der Waals surface area contributed by atoms with Crippen LogP contribution < -0.4 is 4.72 Å². The van der Waals surface area contributed by atoms with Crippen molar-refractivity contribution in [2.75, 3.05) is 25.4 Å². The number of ether oxygens (including phenoxy) is 1. The Balaban J connectivity index is 2.88. The van der Waals surface area contributed by atoms with Crippen LogP contribution in [0.1, 0.15) is 17.5 Å². The summed E-state index contributed by atoms with van der Waals surface area (Å²) >= 11 is 3.37. The Hall–Kier alpha value is -1.12. The van der Waals surface area contributed by atoms with E-state index >= 15 is 0 Å². The lowest BCUT2D eigenvalue weighted by molar-refractivity contribution is -0.140. The zero-order chi connectivity index (χ0) is 16.2. The van der Waals surface area contributed by atoms with Crippen molar-refractivity contribution < 1.29 is 17.9 Å². The number of benzene rings is 1. The fourth-order valence-electron chi connectivity index (χ4n) is 1.75. The molecule has 0 radical (unpaired) electrons. The third kappa shape index (κ3) is 4.98. The number of hydrogen-bond donors (Lipinski definition) is 1. The first-order chi connectivity index (χ1) is 9.67. The number of rotatable bonds is 6. The molecule has 0 amide bonds. The molecule has 1 N–H and O–H groups in total. The van der Waals surface area contributed by atoms with Gasteiger partial charge >= 0.3 is 16.2 Å². The van der Waals surface area contributed by atoms with Gasteiger partial charge in [-0.05, 0) is 37.1 Å². The first kappa shape index (κ1) is 17.9. The Morgan fingerprint density at radius 2 is 1.86 bits per heavy atom. The van der Waals surface area contributed by atoms with Crippen molar-refractivity contribution in [1.29, 1.82) is 0 Å². The second-order valence-corrected chi connectivity index (χ2v) is 7.36. The van der Waals surface area contributed by atoms with Gasteiger partial charge in [0.2, 0.25) is 0 Å². The lowest BCUT2D eigenvalue weighted by atomic mass is 10.1. The highest BCUT2D eigenvalue weighted by molar-refractivity contribution is 9.10. The number of methoxy groups -OCH3 is 1. The van der Waals surface area contributed by atoms with Crippen molar-refractivity contribution in [3.05, 3.63) is 27.7 Å². The third-order valence-electron chi connectivity index (χ3n) is 3.00. The van der Waals surface area contributed by atoms with E-state index in [2.05, 4.69) is 25.4 Å². The zero-order valence-electron chi connectivity index (χ0n) is 12.4. The molecule has 6 nitrogen and oxygen atoms in total. The Morgan fingerprint density at radius 3 is 2.33 bits per heavy atom. The standard InChI is InChI=1S/C13H19BrN2O4S/c1-9-7-11(14)8-10(2)13(9)15-21(18,19)16(3)6-5-12(17)20-4/h7-8,15H,5-6H2,1-4H3. The molecule has 0 spiro atoms. The van der Waals surface area contributed by atoms with E-state index in [0.29, 0.717) is 5.69 Å². The Morgan fingerprint density at radius 1 is 1.33 bits per heavy atom. The van der Waals surface area contributed by atoms with Crippen LogP contribution in [0.5, 0.6) is 0 Å². The second-order valence-electron chi connectivity index (χ2n) is 4.67. The van der Waals surface area contributed by atoms with Crippen molar-refractivity contribution in [2.24, 2.45) is 0 Å². The highest BCUT2D eigenvalue weighted by Crippen LogP contribution is 2.26. The molecule has 1 aromatic rings. The number of hydrogen-bond acceptors (Lipinski definition) is 4. The Labute approximate surface area is 133 Å². The van der Waals surface area contributed by atoms with Crippen LogP contribution >= 0.6 is 15.9 Å². The molecular weight excluding hydrogens is 360 g/mol. The van der Waals surface area contributed by atoms with Gasteiger partial charge in [-0.25, -0.2) is 0 Å². The summed E-state index contributed by atoms with van der Waals surface area (Å²) in [6.45, 7) is 3.70. The number of esters is 1. The SMILES string of the molecule is COC(=O)CCN(C)S(=O)(=O)Nc1c(C)cc(Br)cc1C. The van der Waals surface area contributed by atoms with Crippen LogP contribution in [0.15, 0.2) is 16.6 Å². The summed E-state index contributed by atoms with van der Waals surface area (Å²) in [6, 6.07) is 3.67. The summed E-state index contributed by atoms with van der Waals surface area (Å²) in [4.78, 5) is 11.1. The number of nitrogens with zero attached hydrogens (tertiary/aromatic N) is 1. The topological polar surface area (TPSA) is 75.7 Å². The lowest BCUT2D eigenvalue weighted by Crippen LogP contribution is -2.34. The number of carbonyl (C=O) groups is 1. The van der Waals surface area contributed by atoms with Crippen LogP contribution in [-0.2, 0) is 19.7 Å². The highest BCUT2D eigenvalue weighted by atomic mass is 79.9. The molecule has 1 aromatic carbocycles. The fourth-order valence-corrected chi connectivity index (χ4v) is 3.50. The van der Waals surface area contributed by atoms with Gasteiger partial charge in [-0.1, -0.05) is 15.9 Å². The Kier molecular flexibility index (Phi) is 6.18. The van der Waals surface area contributed by atoms with Crippen molar-refractivity contribution in [3.8, 4) is 0 Å². The maximum atomic E-state index is 12.2. The van der Waals surface area contributed by atoms with Gasteiger partial charge in [0.1, 0.15) is 0 Å².